The molecule has 3 heterocycles. The van der Waals surface area contributed by atoms with E-state index in [9.17, 15) is 9.59 Å². The maximum Gasteiger partial charge on any atom is 0.410 e. The van der Waals surface area contributed by atoms with Crippen LogP contribution in [-0.2, 0) is 9.47 Å². The van der Waals surface area contributed by atoms with Gasteiger partial charge in [0.25, 0.3) is 5.91 Å². The van der Waals surface area contributed by atoms with Crippen molar-refractivity contribution in [3.05, 3.63) is 35.3 Å². The second-order valence-corrected chi connectivity index (χ2v) is 8.46. The summed E-state index contributed by atoms with van der Waals surface area (Å²) in [7, 11) is 0. The number of fused-ring (bicyclic) bond motifs is 1. The highest BCUT2D eigenvalue weighted by molar-refractivity contribution is 5.92. The van der Waals surface area contributed by atoms with Crippen molar-refractivity contribution in [1.82, 2.24) is 10.2 Å². The second-order valence-electron chi connectivity index (χ2n) is 8.46. The average molecular weight is 445 g/mol. The summed E-state index contributed by atoms with van der Waals surface area (Å²) in [5, 5.41) is 2.72. The Morgan fingerprint density at radius 2 is 1.91 bits per heavy atom. The number of amides is 2. The van der Waals surface area contributed by atoms with E-state index >= 15 is 0 Å². The Hall–Kier alpha value is -2.54. The molecule has 7 nitrogen and oxygen atoms in total. The van der Waals surface area contributed by atoms with Gasteiger partial charge in [-0.05, 0) is 50.7 Å². The first-order chi connectivity index (χ1) is 15.5. The van der Waals surface area contributed by atoms with Crippen LogP contribution in [0.5, 0.6) is 0 Å². The number of ether oxygens (including phenoxy) is 2. The number of piperidine rings is 1. The van der Waals surface area contributed by atoms with Gasteiger partial charge in [-0.3, -0.25) is 4.79 Å². The predicted octanol–water partition coefficient (Wildman–Crippen LogP) is 4.74. The minimum Gasteiger partial charge on any atom is -0.451 e. The van der Waals surface area contributed by atoms with Crippen molar-refractivity contribution in [3.63, 3.8) is 0 Å². The van der Waals surface area contributed by atoms with Crippen LogP contribution in [-0.4, -0.2) is 55.9 Å². The Balaban J connectivity index is 0.000000181. The van der Waals surface area contributed by atoms with E-state index in [0.717, 1.165) is 68.7 Å². The van der Waals surface area contributed by atoms with Crippen LogP contribution in [0.2, 0.25) is 0 Å². The number of hydrogen-bond acceptors (Lipinski definition) is 5. The van der Waals surface area contributed by atoms with Crippen molar-refractivity contribution in [2.75, 3.05) is 32.8 Å². The third kappa shape index (κ3) is 6.73. The Morgan fingerprint density at radius 1 is 1.19 bits per heavy atom. The van der Waals surface area contributed by atoms with Gasteiger partial charge in [0.05, 0.1) is 13.2 Å². The number of carbonyl (C=O) groups is 2. The smallest absolute Gasteiger partial charge is 0.410 e. The highest BCUT2D eigenvalue weighted by Crippen LogP contribution is 2.45. The average Bonchev–Trinajstić information content (AvgIpc) is 3.20. The van der Waals surface area contributed by atoms with Crippen LogP contribution in [0.4, 0.5) is 4.79 Å². The quantitative estimate of drug-likeness (QED) is 0.685. The monoisotopic (exact) mass is 444 g/mol. The lowest BCUT2D eigenvalue weighted by Crippen LogP contribution is -2.35. The fourth-order valence-corrected chi connectivity index (χ4v) is 4.00. The molecular formula is C25H36N2O5. The molecule has 0 bridgehead atoms. The number of nitrogens with zero attached hydrogens (tertiary/aromatic N) is 1. The minimum absolute atomic E-state index is 0.0863. The molecule has 0 radical (unpaired) electrons. The molecule has 2 saturated heterocycles. The molecule has 4 rings (SSSR count). The van der Waals surface area contributed by atoms with Gasteiger partial charge in [-0.1, -0.05) is 25.2 Å². The molecule has 3 fully saturated rings. The molecule has 2 unspecified atom stereocenters. The number of nitrogens with one attached hydrogen (secondary N) is 1. The van der Waals surface area contributed by atoms with Crippen LogP contribution in [0, 0.1) is 11.8 Å². The van der Waals surface area contributed by atoms with Gasteiger partial charge in [0, 0.05) is 38.0 Å². The zero-order valence-electron chi connectivity index (χ0n) is 19.5. The third-order valence-electron chi connectivity index (χ3n) is 5.88. The fourth-order valence-electron chi connectivity index (χ4n) is 4.00. The lowest BCUT2D eigenvalue weighted by Gasteiger charge is -2.25. The van der Waals surface area contributed by atoms with E-state index in [2.05, 4.69) is 12.2 Å². The molecule has 1 saturated carbocycles. The summed E-state index contributed by atoms with van der Waals surface area (Å²) < 4.78 is 16.2. The summed E-state index contributed by atoms with van der Waals surface area (Å²) in [5.41, 5.74) is 0.929. The molecule has 0 spiro atoms. The molecule has 0 aromatic carbocycles. The normalized spacial score (nSPS) is 22.5. The molecule has 1 N–H and O–H groups in total. The number of rotatable bonds is 6. The van der Waals surface area contributed by atoms with Gasteiger partial charge < -0.3 is 24.1 Å². The van der Waals surface area contributed by atoms with Crippen molar-refractivity contribution in [2.45, 2.75) is 52.6 Å². The van der Waals surface area contributed by atoms with E-state index in [1.165, 1.54) is 6.42 Å². The van der Waals surface area contributed by atoms with Gasteiger partial charge in [0.2, 0.25) is 0 Å². The highest BCUT2D eigenvalue weighted by Gasteiger charge is 2.47. The molecule has 32 heavy (non-hydrogen) atoms. The lowest BCUT2D eigenvalue weighted by molar-refractivity contribution is -0.00914. The first-order valence-electron chi connectivity index (χ1n) is 11.8. The number of carbonyl (C=O) groups excluding carboxylic acids is 2. The first-order valence-corrected chi connectivity index (χ1v) is 11.8. The molecule has 7 heteroatoms. The Morgan fingerprint density at radius 3 is 2.53 bits per heavy atom. The van der Waals surface area contributed by atoms with Crippen molar-refractivity contribution >= 4 is 24.2 Å². The predicted molar refractivity (Wildman–Crippen MR) is 124 cm³/mol. The molecule has 176 valence electrons. The zero-order valence-corrected chi connectivity index (χ0v) is 19.5. The van der Waals surface area contributed by atoms with Gasteiger partial charge in [-0.2, -0.15) is 0 Å². The van der Waals surface area contributed by atoms with Crippen LogP contribution in [0.3, 0.4) is 0 Å². The molecule has 3 aliphatic rings. The Kier molecular flexibility index (Phi) is 8.97. The lowest BCUT2D eigenvalue weighted by atomic mass is 10.2. The summed E-state index contributed by atoms with van der Waals surface area (Å²) in [5.74, 6) is 2.48. The van der Waals surface area contributed by atoms with Crippen molar-refractivity contribution < 1.29 is 23.5 Å². The fraction of sp³-hybridized carbons (Fsp3) is 0.600. The number of furan rings is 1. The second kappa shape index (κ2) is 11.9. The molecule has 1 aliphatic carbocycles. The summed E-state index contributed by atoms with van der Waals surface area (Å²) in [6, 6.07) is 1.76. The number of hydrogen-bond donors (Lipinski definition) is 1. The van der Waals surface area contributed by atoms with E-state index in [1.54, 1.807) is 6.07 Å². The van der Waals surface area contributed by atoms with Crippen LogP contribution in [0.25, 0.3) is 12.2 Å². The number of allylic oxidation sites excluding steroid dienone is 2. The zero-order chi connectivity index (χ0) is 22.9. The van der Waals surface area contributed by atoms with E-state index in [0.29, 0.717) is 12.3 Å². The standard InChI is InChI=1S/C14H19NO2.C11H17NO3/c1-4-7-9-12-11(8-5-2)10-13(17-12)14(16)15-6-3;13-11(12-6-8-5-9(8)7-12)15-10-1-3-14-4-2-10/h5,7-10H,4,6H2,1-3H3,(H,15,16);8-10H,1-7H2/b8-5-,9-7+;. The van der Waals surface area contributed by atoms with Crippen molar-refractivity contribution in [1.29, 1.82) is 0 Å². The SMILES string of the molecule is C/C=C\c1cc(C(=O)NCC)oc1/C=C/CC.O=C(OC1CCOCC1)N1CC2CC2C1. The van der Waals surface area contributed by atoms with Crippen LogP contribution < -0.4 is 5.32 Å². The van der Waals surface area contributed by atoms with Crippen molar-refractivity contribution in [3.8, 4) is 0 Å². The summed E-state index contributed by atoms with van der Waals surface area (Å²) >= 11 is 0. The maximum atomic E-state index is 11.7. The van der Waals surface area contributed by atoms with Gasteiger partial charge in [0.1, 0.15) is 11.9 Å². The summed E-state index contributed by atoms with van der Waals surface area (Å²) in [4.78, 5) is 25.2. The van der Waals surface area contributed by atoms with E-state index < -0.39 is 0 Å². The molecule has 2 aliphatic heterocycles. The summed E-state index contributed by atoms with van der Waals surface area (Å²) in [6.45, 7) is 9.77. The van der Waals surface area contributed by atoms with E-state index in [-0.39, 0.29) is 18.1 Å². The largest absolute Gasteiger partial charge is 0.451 e. The Labute approximate surface area is 190 Å². The minimum atomic E-state index is -0.172. The first kappa shape index (κ1) is 24.1. The van der Waals surface area contributed by atoms with Crippen molar-refractivity contribution in [2.24, 2.45) is 11.8 Å². The number of likely N-dealkylation sites (tertiary alicyclic amines) is 1. The van der Waals surface area contributed by atoms with Gasteiger partial charge in [-0.15, -0.1) is 0 Å². The van der Waals surface area contributed by atoms with Gasteiger partial charge >= 0.3 is 6.09 Å². The topological polar surface area (TPSA) is 81.0 Å². The molecule has 2 atom stereocenters. The van der Waals surface area contributed by atoms with E-state index in [1.807, 2.05) is 43.1 Å². The maximum absolute atomic E-state index is 11.7. The van der Waals surface area contributed by atoms with Gasteiger partial charge in [0.15, 0.2) is 5.76 Å². The van der Waals surface area contributed by atoms with Crippen LogP contribution in [0.1, 0.15) is 68.3 Å². The summed E-state index contributed by atoms with van der Waals surface area (Å²) in [6.07, 6.45) is 11.7. The van der Waals surface area contributed by atoms with E-state index in [4.69, 9.17) is 13.9 Å². The highest BCUT2D eigenvalue weighted by atomic mass is 16.6. The molecule has 2 amide bonds. The molecular weight excluding hydrogens is 408 g/mol. The third-order valence-corrected chi connectivity index (χ3v) is 5.88. The molecule has 1 aromatic heterocycles. The Bertz CT molecular complexity index is 812. The van der Waals surface area contributed by atoms with Gasteiger partial charge in [-0.25, -0.2) is 4.79 Å². The van der Waals surface area contributed by atoms with Crippen LogP contribution >= 0.6 is 0 Å². The molecule has 1 aromatic rings. The van der Waals surface area contributed by atoms with Crippen LogP contribution in [0.15, 0.2) is 22.6 Å².